The van der Waals surface area contributed by atoms with E-state index in [4.69, 9.17) is 5.73 Å². The number of anilines is 1. The van der Waals surface area contributed by atoms with Gasteiger partial charge in [-0.15, -0.1) is 0 Å². The second kappa shape index (κ2) is 6.48. The number of rotatable bonds is 6. The minimum Gasteiger partial charge on any atom is -0.357 e. The molecule has 1 atom stereocenters. The van der Waals surface area contributed by atoms with E-state index in [0.717, 1.165) is 24.5 Å². The first-order chi connectivity index (χ1) is 7.71. The van der Waals surface area contributed by atoms with Gasteiger partial charge in [0.25, 0.3) is 0 Å². The average molecular weight is 221 g/mol. The topological polar surface area (TPSA) is 42.1 Å². The van der Waals surface area contributed by atoms with Crippen molar-refractivity contribution in [3.8, 4) is 0 Å². The smallest absolute Gasteiger partial charge is 0.128 e. The molecule has 16 heavy (non-hydrogen) atoms. The lowest BCUT2D eigenvalue weighted by Gasteiger charge is -2.25. The first-order valence-electron chi connectivity index (χ1n) is 6.11. The Morgan fingerprint density at radius 1 is 1.38 bits per heavy atom. The highest BCUT2D eigenvalue weighted by atomic mass is 15.2. The molecule has 3 heteroatoms. The van der Waals surface area contributed by atoms with E-state index in [2.05, 4.69) is 42.8 Å². The highest BCUT2D eigenvalue weighted by Gasteiger charge is 2.08. The molecule has 0 spiro atoms. The summed E-state index contributed by atoms with van der Waals surface area (Å²) in [6.07, 6.45) is 3.08. The summed E-state index contributed by atoms with van der Waals surface area (Å²) in [6, 6.07) is 4.12. The van der Waals surface area contributed by atoms with Crippen molar-refractivity contribution in [3.05, 3.63) is 23.9 Å². The molecular weight excluding hydrogens is 198 g/mol. The van der Waals surface area contributed by atoms with E-state index in [1.807, 2.05) is 6.20 Å². The van der Waals surface area contributed by atoms with Crippen LogP contribution < -0.4 is 10.6 Å². The fourth-order valence-corrected chi connectivity index (χ4v) is 1.61. The Hall–Kier alpha value is -1.09. The van der Waals surface area contributed by atoms with Crippen molar-refractivity contribution in [2.75, 3.05) is 18.0 Å². The summed E-state index contributed by atoms with van der Waals surface area (Å²) in [7, 11) is 0. The van der Waals surface area contributed by atoms with Crippen LogP contribution in [0.15, 0.2) is 18.3 Å². The highest BCUT2D eigenvalue weighted by molar-refractivity contribution is 5.39. The number of hydrogen-bond acceptors (Lipinski definition) is 3. The molecule has 1 aromatic rings. The summed E-state index contributed by atoms with van der Waals surface area (Å²) in [6.45, 7) is 9.30. The number of hydrogen-bond donors (Lipinski definition) is 1. The van der Waals surface area contributed by atoms with Crippen LogP contribution in [0.4, 0.5) is 5.82 Å². The molecule has 0 aromatic carbocycles. The average Bonchev–Trinajstić information content (AvgIpc) is 2.35. The third kappa shape index (κ3) is 3.49. The molecule has 1 unspecified atom stereocenters. The van der Waals surface area contributed by atoms with Crippen LogP contribution in [0.25, 0.3) is 0 Å². The Bertz CT molecular complexity index is 295. The lowest BCUT2D eigenvalue weighted by atomic mass is 10.1. The summed E-state index contributed by atoms with van der Waals surface area (Å²) < 4.78 is 0. The molecule has 0 saturated carbocycles. The molecule has 1 rings (SSSR count). The van der Waals surface area contributed by atoms with E-state index in [9.17, 15) is 0 Å². The Balaban J connectivity index is 2.70. The summed E-state index contributed by atoms with van der Waals surface area (Å²) in [5.74, 6) is 1.76. The molecule has 1 heterocycles. The van der Waals surface area contributed by atoms with Crippen LogP contribution in [0.2, 0.25) is 0 Å². The van der Waals surface area contributed by atoms with Gasteiger partial charge >= 0.3 is 0 Å². The largest absolute Gasteiger partial charge is 0.357 e. The van der Waals surface area contributed by atoms with Crippen LogP contribution in [-0.2, 0) is 6.54 Å². The normalized spacial score (nSPS) is 12.5. The van der Waals surface area contributed by atoms with E-state index >= 15 is 0 Å². The zero-order valence-electron chi connectivity index (χ0n) is 10.6. The zero-order valence-corrected chi connectivity index (χ0v) is 10.6. The second-order valence-corrected chi connectivity index (χ2v) is 4.28. The number of nitrogens with two attached hydrogens (primary N) is 1. The van der Waals surface area contributed by atoms with Crippen LogP contribution in [0.3, 0.4) is 0 Å². The Labute approximate surface area is 98.7 Å². The van der Waals surface area contributed by atoms with Gasteiger partial charge in [0.1, 0.15) is 5.82 Å². The van der Waals surface area contributed by atoms with E-state index in [-0.39, 0.29) is 0 Å². The highest BCUT2D eigenvalue weighted by Crippen LogP contribution is 2.14. The third-order valence-corrected chi connectivity index (χ3v) is 2.98. The van der Waals surface area contributed by atoms with Crippen LogP contribution in [0.5, 0.6) is 0 Å². The van der Waals surface area contributed by atoms with Crippen LogP contribution in [-0.4, -0.2) is 18.1 Å². The molecule has 0 bridgehead atoms. The minimum atomic E-state index is 0.560. The quantitative estimate of drug-likeness (QED) is 0.802. The van der Waals surface area contributed by atoms with Gasteiger partial charge in [0.2, 0.25) is 0 Å². The molecule has 90 valence electrons. The molecule has 1 aromatic heterocycles. The summed E-state index contributed by atoms with van der Waals surface area (Å²) in [5.41, 5.74) is 6.64. The predicted molar refractivity (Wildman–Crippen MR) is 69.5 cm³/mol. The maximum atomic E-state index is 5.56. The fraction of sp³-hybridized carbons (Fsp3) is 0.615. The third-order valence-electron chi connectivity index (χ3n) is 2.98. The predicted octanol–water partition coefficient (Wildman–Crippen LogP) is 2.41. The maximum Gasteiger partial charge on any atom is 0.128 e. The summed E-state index contributed by atoms with van der Waals surface area (Å²) in [5, 5.41) is 0. The molecule has 2 N–H and O–H groups in total. The molecule has 3 nitrogen and oxygen atoms in total. The van der Waals surface area contributed by atoms with E-state index in [0.29, 0.717) is 12.5 Å². The van der Waals surface area contributed by atoms with E-state index < -0.39 is 0 Å². The SMILES string of the molecule is CCC(C)CN(CC)c1ccc(CN)cn1. The van der Waals surface area contributed by atoms with Gasteiger partial charge < -0.3 is 10.6 Å². The Morgan fingerprint density at radius 2 is 2.12 bits per heavy atom. The standard InChI is InChI=1S/C13H23N3/c1-4-11(3)10-16(5-2)13-7-6-12(8-14)9-15-13/h6-7,9,11H,4-5,8,10,14H2,1-3H3. The van der Waals surface area contributed by atoms with Gasteiger partial charge in [-0.1, -0.05) is 26.3 Å². The molecule has 0 aliphatic rings. The van der Waals surface area contributed by atoms with Gasteiger partial charge in [0.05, 0.1) is 0 Å². The number of nitrogens with zero attached hydrogens (tertiary/aromatic N) is 2. The van der Waals surface area contributed by atoms with Gasteiger partial charge in [-0.25, -0.2) is 4.98 Å². The lowest BCUT2D eigenvalue weighted by Crippen LogP contribution is -2.28. The van der Waals surface area contributed by atoms with Crippen molar-refractivity contribution >= 4 is 5.82 Å². The summed E-state index contributed by atoms with van der Waals surface area (Å²) >= 11 is 0. The number of aromatic nitrogens is 1. The minimum absolute atomic E-state index is 0.560. The van der Waals surface area contributed by atoms with Gasteiger partial charge in [0.15, 0.2) is 0 Å². The molecule has 0 fully saturated rings. The lowest BCUT2D eigenvalue weighted by molar-refractivity contribution is 0.545. The van der Waals surface area contributed by atoms with Gasteiger partial charge in [-0.3, -0.25) is 0 Å². The molecule has 0 aliphatic heterocycles. The van der Waals surface area contributed by atoms with Crippen molar-refractivity contribution in [2.24, 2.45) is 11.7 Å². The molecular formula is C13H23N3. The van der Waals surface area contributed by atoms with Crippen molar-refractivity contribution < 1.29 is 0 Å². The Kier molecular flexibility index (Phi) is 5.26. The van der Waals surface area contributed by atoms with Crippen molar-refractivity contribution in [3.63, 3.8) is 0 Å². The molecule has 0 saturated heterocycles. The molecule has 0 amide bonds. The maximum absolute atomic E-state index is 5.56. The van der Waals surface area contributed by atoms with Gasteiger partial charge in [0, 0.05) is 25.8 Å². The van der Waals surface area contributed by atoms with Crippen molar-refractivity contribution in [1.29, 1.82) is 0 Å². The fourth-order valence-electron chi connectivity index (χ4n) is 1.61. The second-order valence-electron chi connectivity index (χ2n) is 4.28. The Morgan fingerprint density at radius 3 is 2.56 bits per heavy atom. The van der Waals surface area contributed by atoms with Crippen LogP contribution in [0, 0.1) is 5.92 Å². The first-order valence-corrected chi connectivity index (χ1v) is 6.11. The molecule has 0 aliphatic carbocycles. The van der Waals surface area contributed by atoms with Crippen molar-refractivity contribution in [1.82, 2.24) is 4.98 Å². The van der Waals surface area contributed by atoms with E-state index in [1.54, 1.807) is 0 Å². The zero-order chi connectivity index (χ0) is 12.0. The van der Waals surface area contributed by atoms with Crippen molar-refractivity contribution in [2.45, 2.75) is 33.7 Å². The molecule has 0 radical (unpaired) electrons. The van der Waals surface area contributed by atoms with E-state index in [1.165, 1.54) is 6.42 Å². The van der Waals surface area contributed by atoms with Gasteiger partial charge in [-0.05, 0) is 24.5 Å². The first kappa shape index (κ1) is 13.0. The van der Waals surface area contributed by atoms with Gasteiger partial charge in [-0.2, -0.15) is 0 Å². The number of pyridine rings is 1. The van der Waals surface area contributed by atoms with Crippen LogP contribution in [0.1, 0.15) is 32.8 Å². The summed E-state index contributed by atoms with van der Waals surface area (Å²) in [4.78, 5) is 6.77. The monoisotopic (exact) mass is 221 g/mol. The van der Waals surface area contributed by atoms with Crippen LogP contribution >= 0.6 is 0 Å².